The third kappa shape index (κ3) is 4.47. The van der Waals surface area contributed by atoms with Crippen LogP contribution >= 0.6 is 0 Å². The van der Waals surface area contributed by atoms with Gasteiger partial charge in [0.25, 0.3) is 0 Å². The fraction of sp³-hybridized carbons (Fsp3) is 0.867. The van der Waals surface area contributed by atoms with Gasteiger partial charge in [-0.1, -0.05) is 40.0 Å². The van der Waals surface area contributed by atoms with Gasteiger partial charge in [0.1, 0.15) is 6.04 Å². The lowest BCUT2D eigenvalue weighted by atomic mass is 9.82. The molecule has 0 heterocycles. The van der Waals surface area contributed by atoms with Crippen LogP contribution < -0.4 is 11.1 Å². The molecule has 0 spiro atoms. The third-order valence-corrected chi connectivity index (χ3v) is 4.09. The van der Waals surface area contributed by atoms with Gasteiger partial charge in [-0.05, 0) is 24.2 Å². The van der Waals surface area contributed by atoms with Gasteiger partial charge < -0.3 is 15.8 Å². The van der Waals surface area contributed by atoms with Crippen molar-refractivity contribution in [2.75, 3.05) is 7.11 Å². The molecule has 0 aromatic heterocycles. The van der Waals surface area contributed by atoms with Crippen LogP contribution in [0.1, 0.15) is 52.9 Å². The maximum absolute atomic E-state index is 12.2. The Kier molecular flexibility index (Phi) is 5.99. The van der Waals surface area contributed by atoms with Gasteiger partial charge in [-0.15, -0.1) is 0 Å². The monoisotopic (exact) mass is 284 g/mol. The van der Waals surface area contributed by atoms with E-state index in [1.54, 1.807) is 0 Å². The molecular weight excluding hydrogens is 256 g/mol. The largest absolute Gasteiger partial charge is 0.467 e. The standard InChI is InChI=1S/C15H28N2O3/c1-15(2,3)12(16)13(18)17-11(14(19)20-4)10-8-6-5-7-9-10/h10-12H,5-9,16H2,1-4H3,(H,17,18)/t11-,12+/m0/s1. The number of rotatable bonds is 4. The third-order valence-electron chi connectivity index (χ3n) is 4.09. The number of ether oxygens (including phenoxy) is 1. The highest BCUT2D eigenvalue weighted by atomic mass is 16.5. The molecule has 0 saturated heterocycles. The average Bonchev–Trinajstić information content (AvgIpc) is 2.42. The summed E-state index contributed by atoms with van der Waals surface area (Å²) in [4.78, 5) is 24.2. The number of esters is 1. The number of methoxy groups -OCH3 is 1. The van der Waals surface area contributed by atoms with Crippen LogP contribution in [0.4, 0.5) is 0 Å². The summed E-state index contributed by atoms with van der Waals surface area (Å²) in [6.07, 6.45) is 5.29. The van der Waals surface area contributed by atoms with Crippen LogP contribution in [0.3, 0.4) is 0 Å². The van der Waals surface area contributed by atoms with Crippen molar-refractivity contribution < 1.29 is 14.3 Å². The molecule has 1 aliphatic carbocycles. The summed E-state index contributed by atoms with van der Waals surface area (Å²) in [7, 11) is 1.36. The van der Waals surface area contributed by atoms with E-state index in [-0.39, 0.29) is 23.2 Å². The first-order valence-electron chi connectivity index (χ1n) is 7.41. The Morgan fingerprint density at radius 2 is 1.75 bits per heavy atom. The molecule has 1 aliphatic rings. The summed E-state index contributed by atoms with van der Waals surface area (Å²) in [5.74, 6) is -0.489. The number of amides is 1. The van der Waals surface area contributed by atoms with E-state index in [1.165, 1.54) is 13.5 Å². The molecule has 1 fully saturated rings. The molecule has 1 rings (SSSR count). The molecule has 20 heavy (non-hydrogen) atoms. The first-order valence-corrected chi connectivity index (χ1v) is 7.41. The first-order chi connectivity index (χ1) is 9.27. The summed E-state index contributed by atoms with van der Waals surface area (Å²) in [6, 6.07) is -1.21. The van der Waals surface area contributed by atoms with E-state index in [2.05, 4.69) is 5.32 Å². The number of hydrogen-bond donors (Lipinski definition) is 2. The van der Waals surface area contributed by atoms with E-state index < -0.39 is 12.1 Å². The van der Waals surface area contributed by atoms with Crippen molar-refractivity contribution in [2.24, 2.45) is 17.1 Å². The number of hydrogen-bond acceptors (Lipinski definition) is 4. The van der Waals surface area contributed by atoms with Gasteiger partial charge in [0.15, 0.2) is 0 Å². The Labute approximate surface area is 121 Å². The van der Waals surface area contributed by atoms with Crippen molar-refractivity contribution in [1.29, 1.82) is 0 Å². The van der Waals surface area contributed by atoms with Crippen LogP contribution in [-0.2, 0) is 14.3 Å². The van der Waals surface area contributed by atoms with Gasteiger partial charge in [0.05, 0.1) is 13.2 Å². The fourth-order valence-electron chi connectivity index (χ4n) is 2.60. The van der Waals surface area contributed by atoms with E-state index in [9.17, 15) is 9.59 Å². The fourth-order valence-corrected chi connectivity index (χ4v) is 2.60. The van der Waals surface area contributed by atoms with Crippen LogP contribution in [0.2, 0.25) is 0 Å². The number of nitrogens with one attached hydrogen (secondary N) is 1. The van der Waals surface area contributed by atoms with Crippen molar-refractivity contribution in [1.82, 2.24) is 5.32 Å². The number of carbonyl (C=O) groups is 2. The SMILES string of the molecule is COC(=O)[C@@H](NC(=O)[C@@H](N)C(C)(C)C)C1CCCCC1. The quantitative estimate of drug-likeness (QED) is 0.768. The lowest BCUT2D eigenvalue weighted by molar-refractivity contribution is -0.147. The van der Waals surface area contributed by atoms with E-state index in [0.717, 1.165) is 25.7 Å². The molecule has 116 valence electrons. The first kappa shape index (κ1) is 17.0. The summed E-state index contributed by atoms with van der Waals surface area (Å²) in [6.45, 7) is 5.72. The molecule has 0 bridgehead atoms. The Hall–Kier alpha value is -1.10. The Morgan fingerprint density at radius 1 is 1.20 bits per heavy atom. The zero-order valence-electron chi connectivity index (χ0n) is 13.1. The van der Waals surface area contributed by atoms with E-state index in [0.29, 0.717) is 0 Å². The van der Waals surface area contributed by atoms with E-state index in [1.807, 2.05) is 20.8 Å². The zero-order chi connectivity index (χ0) is 15.3. The lowest BCUT2D eigenvalue weighted by Gasteiger charge is -2.32. The van der Waals surface area contributed by atoms with Crippen LogP contribution in [0.25, 0.3) is 0 Å². The molecule has 5 nitrogen and oxygen atoms in total. The summed E-state index contributed by atoms with van der Waals surface area (Å²) in [5.41, 5.74) is 5.61. The van der Waals surface area contributed by atoms with Crippen molar-refractivity contribution in [3.63, 3.8) is 0 Å². The highest BCUT2D eigenvalue weighted by Crippen LogP contribution is 2.27. The smallest absolute Gasteiger partial charge is 0.328 e. The lowest BCUT2D eigenvalue weighted by Crippen LogP contribution is -2.55. The Bertz CT molecular complexity index is 344. The molecule has 0 aliphatic heterocycles. The molecule has 0 aromatic rings. The second-order valence-corrected chi connectivity index (χ2v) is 6.75. The van der Waals surface area contributed by atoms with Gasteiger partial charge in [-0.2, -0.15) is 0 Å². The molecule has 0 unspecified atom stereocenters. The normalized spacial score (nSPS) is 20.1. The highest BCUT2D eigenvalue weighted by molar-refractivity contribution is 5.88. The van der Waals surface area contributed by atoms with E-state index >= 15 is 0 Å². The molecule has 5 heteroatoms. The Balaban J connectivity index is 2.74. The average molecular weight is 284 g/mol. The predicted molar refractivity (Wildman–Crippen MR) is 78.0 cm³/mol. The minimum Gasteiger partial charge on any atom is -0.467 e. The maximum Gasteiger partial charge on any atom is 0.328 e. The molecule has 0 radical (unpaired) electrons. The van der Waals surface area contributed by atoms with Crippen LogP contribution in [0.5, 0.6) is 0 Å². The maximum atomic E-state index is 12.2. The summed E-state index contributed by atoms with van der Waals surface area (Å²) < 4.78 is 4.84. The molecule has 3 N–H and O–H groups in total. The van der Waals surface area contributed by atoms with Gasteiger partial charge in [0.2, 0.25) is 5.91 Å². The van der Waals surface area contributed by atoms with Gasteiger partial charge in [-0.3, -0.25) is 4.79 Å². The summed E-state index contributed by atoms with van der Waals surface area (Å²) in [5, 5.41) is 2.81. The summed E-state index contributed by atoms with van der Waals surface area (Å²) >= 11 is 0. The topological polar surface area (TPSA) is 81.4 Å². The second-order valence-electron chi connectivity index (χ2n) is 6.75. The second kappa shape index (κ2) is 7.07. The molecular formula is C15H28N2O3. The van der Waals surface area contributed by atoms with Gasteiger partial charge >= 0.3 is 5.97 Å². The highest BCUT2D eigenvalue weighted by Gasteiger charge is 2.35. The van der Waals surface area contributed by atoms with Crippen LogP contribution in [0, 0.1) is 11.3 Å². The number of carbonyl (C=O) groups excluding carboxylic acids is 2. The Morgan fingerprint density at radius 3 is 2.20 bits per heavy atom. The van der Waals surface area contributed by atoms with Gasteiger partial charge in [-0.25, -0.2) is 4.79 Å². The van der Waals surface area contributed by atoms with E-state index in [4.69, 9.17) is 10.5 Å². The molecule has 1 amide bonds. The molecule has 2 atom stereocenters. The van der Waals surface area contributed by atoms with Gasteiger partial charge in [0, 0.05) is 0 Å². The van der Waals surface area contributed by atoms with Crippen LogP contribution in [-0.4, -0.2) is 31.1 Å². The minimum atomic E-state index is -0.641. The van der Waals surface area contributed by atoms with Crippen molar-refractivity contribution in [3.05, 3.63) is 0 Å². The van der Waals surface area contributed by atoms with Crippen molar-refractivity contribution >= 4 is 11.9 Å². The van der Waals surface area contributed by atoms with Crippen LogP contribution in [0.15, 0.2) is 0 Å². The minimum absolute atomic E-state index is 0.160. The predicted octanol–water partition coefficient (Wildman–Crippen LogP) is 1.60. The zero-order valence-corrected chi connectivity index (χ0v) is 13.1. The molecule has 0 aromatic carbocycles. The van der Waals surface area contributed by atoms with Crippen molar-refractivity contribution in [3.8, 4) is 0 Å². The molecule has 1 saturated carbocycles. The van der Waals surface area contributed by atoms with Crippen molar-refractivity contribution in [2.45, 2.75) is 65.0 Å². The number of nitrogens with two attached hydrogens (primary N) is 1.